The first kappa shape index (κ1) is 15.3. The normalized spacial score (nSPS) is 41.7. The van der Waals surface area contributed by atoms with E-state index in [1.165, 1.54) is 0 Å². The van der Waals surface area contributed by atoms with Crippen LogP contribution in [0.2, 0.25) is 0 Å². The van der Waals surface area contributed by atoms with Gasteiger partial charge in [-0.2, -0.15) is 0 Å². The van der Waals surface area contributed by atoms with Crippen LogP contribution in [-0.4, -0.2) is 37.4 Å². The van der Waals surface area contributed by atoms with E-state index in [0.717, 1.165) is 19.3 Å². The summed E-state index contributed by atoms with van der Waals surface area (Å²) >= 11 is 0. The van der Waals surface area contributed by atoms with Crippen molar-refractivity contribution in [3.05, 3.63) is 0 Å². The van der Waals surface area contributed by atoms with E-state index in [-0.39, 0.29) is 24.4 Å². The molecule has 2 aliphatic heterocycles. The quantitative estimate of drug-likeness (QED) is 0.733. The minimum absolute atomic E-state index is 0.190. The molecule has 0 aromatic carbocycles. The summed E-state index contributed by atoms with van der Waals surface area (Å²) in [5.74, 6) is 0.166. The molecule has 5 heteroatoms. The van der Waals surface area contributed by atoms with Gasteiger partial charge in [-0.15, -0.1) is 0 Å². The van der Waals surface area contributed by atoms with Crippen molar-refractivity contribution >= 4 is 5.97 Å². The summed E-state index contributed by atoms with van der Waals surface area (Å²) in [6.07, 6.45) is 2.40. The molecule has 0 amide bonds. The Morgan fingerprint density at radius 3 is 2.57 bits per heavy atom. The van der Waals surface area contributed by atoms with Crippen LogP contribution in [0, 0.1) is 17.8 Å². The lowest BCUT2D eigenvalue weighted by molar-refractivity contribution is -0.338. The van der Waals surface area contributed by atoms with E-state index in [2.05, 4.69) is 20.8 Å². The predicted octanol–water partition coefficient (Wildman–Crippen LogP) is 2.48. The van der Waals surface area contributed by atoms with Crippen molar-refractivity contribution in [2.24, 2.45) is 17.8 Å². The molecule has 4 atom stereocenters. The van der Waals surface area contributed by atoms with E-state index in [9.17, 15) is 4.79 Å². The molecule has 0 bridgehead atoms. The molecular formula is C16H26O5. The third-order valence-electron chi connectivity index (χ3n) is 4.93. The number of hydrogen-bond acceptors (Lipinski definition) is 5. The molecule has 21 heavy (non-hydrogen) atoms. The van der Waals surface area contributed by atoms with Crippen molar-refractivity contribution < 1.29 is 23.7 Å². The lowest BCUT2D eigenvalue weighted by atomic mass is 9.72. The van der Waals surface area contributed by atoms with Crippen molar-refractivity contribution in [3.8, 4) is 0 Å². The number of rotatable bonds is 2. The van der Waals surface area contributed by atoms with Crippen molar-refractivity contribution in [1.82, 2.24) is 0 Å². The third kappa shape index (κ3) is 2.96. The molecule has 2 heterocycles. The van der Waals surface area contributed by atoms with Crippen LogP contribution in [0.5, 0.6) is 0 Å². The molecule has 3 aliphatic rings. The fourth-order valence-electron chi connectivity index (χ4n) is 3.98. The molecule has 3 rings (SSSR count). The topological polar surface area (TPSA) is 54.0 Å². The van der Waals surface area contributed by atoms with Crippen LogP contribution < -0.4 is 0 Å². The van der Waals surface area contributed by atoms with Crippen LogP contribution >= 0.6 is 0 Å². The molecule has 0 N–H and O–H groups in total. The average Bonchev–Trinajstić information content (AvgIpc) is 2.90. The van der Waals surface area contributed by atoms with Gasteiger partial charge in [0.15, 0.2) is 6.29 Å². The Bertz CT molecular complexity index is 390. The van der Waals surface area contributed by atoms with Gasteiger partial charge in [0.25, 0.3) is 0 Å². The molecule has 120 valence electrons. The minimum Gasteiger partial charge on any atom is -0.433 e. The monoisotopic (exact) mass is 298 g/mol. The standard InChI is InChI=1S/C16H26O5/c1-10(2)12-5-4-11(3)9-16(12)20-13(8-14(17)21-16)15-18-6-7-19-15/h10-13,15H,4-9H2,1-3H3/t11-,12+,13-,16+/m1/s1. The molecule has 1 aliphatic carbocycles. The molecule has 1 saturated carbocycles. The van der Waals surface area contributed by atoms with Gasteiger partial charge in [-0.25, -0.2) is 0 Å². The van der Waals surface area contributed by atoms with Crippen LogP contribution in [-0.2, 0) is 23.7 Å². The molecule has 0 unspecified atom stereocenters. The second-order valence-corrected chi connectivity index (χ2v) is 6.99. The Morgan fingerprint density at radius 1 is 1.19 bits per heavy atom. The predicted molar refractivity (Wildman–Crippen MR) is 75.3 cm³/mol. The molecule has 1 spiro atoms. The lowest BCUT2D eigenvalue weighted by Crippen LogP contribution is -2.58. The van der Waals surface area contributed by atoms with Crippen molar-refractivity contribution in [1.29, 1.82) is 0 Å². The van der Waals surface area contributed by atoms with Crippen molar-refractivity contribution in [3.63, 3.8) is 0 Å². The zero-order valence-corrected chi connectivity index (χ0v) is 13.2. The highest BCUT2D eigenvalue weighted by Gasteiger charge is 2.54. The maximum absolute atomic E-state index is 12.2. The van der Waals surface area contributed by atoms with Gasteiger partial charge < -0.3 is 18.9 Å². The van der Waals surface area contributed by atoms with E-state index in [1.807, 2.05) is 0 Å². The SMILES string of the molecule is CC(C)[C@@H]1CC[C@@H](C)C[C@]12OC(=O)C[C@H](C1OCCO1)O2. The van der Waals surface area contributed by atoms with Crippen LogP contribution in [0.25, 0.3) is 0 Å². The largest absolute Gasteiger partial charge is 0.433 e. The zero-order chi connectivity index (χ0) is 15.0. The fourth-order valence-corrected chi connectivity index (χ4v) is 3.98. The Morgan fingerprint density at radius 2 is 1.90 bits per heavy atom. The summed E-state index contributed by atoms with van der Waals surface area (Å²) in [4.78, 5) is 12.2. The summed E-state index contributed by atoms with van der Waals surface area (Å²) in [5, 5.41) is 0. The van der Waals surface area contributed by atoms with E-state index in [4.69, 9.17) is 18.9 Å². The fraction of sp³-hybridized carbons (Fsp3) is 0.938. The van der Waals surface area contributed by atoms with Crippen LogP contribution in [0.4, 0.5) is 0 Å². The Kier molecular flexibility index (Phi) is 4.26. The van der Waals surface area contributed by atoms with E-state index in [1.54, 1.807) is 0 Å². The lowest BCUT2D eigenvalue weighted by Gasteiger charge is -2.50. The smallest absolute Gasteiger partial charge is 0.311 e. The van der Waals surface area contributed by atoms with Gasteiger partial charge in [-0.1, -0.05) is 20.8 Å². The van der Waals surface area contributed by atoms with E-state index >= 15 is 0 Å². The van der Waals surface area contributed by atoms with Crippen LogP contribution in [0.15, 0.2) is 0 Å². The maximum atomic E-state index is 12.2. The van der Waals surface area contributed by atoms with Gasteiger partial charge in [0.2, 0.25) is 5.79 Å². The summed E-state index contributed by atoms with van der Waals surface area (Å²) in [7, 11) is 0. The number of ether oxygens (including phenoxy) is 4. The third-order valence-corrected chi connectivity index (χ3v) is 4.93. The summed E-state index contributed by atoms with van der Waals surface area (Å²) in [5.41, 5.74) is 0. The van der Waals surface area contributed by atoms with Gasteiger partial charge in [0, 0.05) is 12.3 Å². The number of carbonyl (C=O) groups is 1. The van der Waals surface area contributed by atoms with Gasteiger partial charge in [0.05, 0.1) is 19.6 Å². The molecule has 5 nitrogen and oxygen atoms in total. The molecule has 0 radical (unpaired) electrons. The second-order valence-electron chi connectivity index (χ2n) is 6.99. The Balaban J connectivity index is 1.83. The zero-order valence-electron chi connectivity index (χ0n) is 13.2. The molecule has 0 aromatic rings. The van der Waals surface area contributed by atoms with Crippen molar-refractivity contribution in [2.45, 2.75) is 64.6 Å². The highest BCUT2D eigenvalue weighted by Crippen LogP contribution is 2.47. The van der Waals surface area contributed by atoms with Gasteiger partial charge in [0.1, 0.15) is 6.10 Å². The highest BCUT2D eigenvalue weighted by molar-refractivity contribution is 5.71. The molecule has 0 aromatic heterocycles. The van der Waals surface area contributed by atoms with Gasteiger partial charge in [-0.05, 0) is 24.7 Å². The first-order valence-corrected chi connectivity index (χ1v) is 8.13. The first-order valence-electron chi connectivity index (χ1n) is 8.13. The maximum Gasteiger partial charge on any atom is 0.311 e. The number of esters is 1. The van der Waals surface area contributed by atoms with E-state index < -0.39 is 12.1 Å². The van der Waals surface area contributed by atoms with Crippen molar-refractivity contribution in [2.75, 3.05) is 13.2 Å². The Labute approximate surface area is 126 Å². The average molecular weight is 298 g/mol. The molecule has 3 fully saturated rings. The summed E-state index contributed by atoms with van der Waals surface area (Å²) in [6, 6.07) is 0. The second kappa shape index (κ2) is 5.86. The number of carbonyl (C=O) groups excluding carboxylic acids is 1. The van der Waals surface area contributed by atoms with E-state index in [0.29, 0.717) is 25.0 Å². The molecule has 2 saturated heterocycles. The minimum atomic E-state index is -0.791. The Hall–Kier alpha value is -0.650. The summed E-state index contributed by atoms with van der Waals surface area (Å²) in [6.45, 7) is 7.67. The van der Waals surface area contributed by atoms with Gasteiger partial charge in [-0.3, -0.25) is 4.79 Å². The first-order chi connectivity index (χ1) is 10.00. The van der Waals surface area contributed by atoms with Gasteiger partial charge >= 0.3 is 5.97 Å². The number of hydrogen-bond donors (Lipinski definition) is 0. The van der Waals surface area contributed by atoms with Crippen LogP contribution in [0.3, 0.4) is 0 Å². The van der Waals surface area contributed by atoms with Crippen LogP contribution in [0.1, 0.15) is 46.5 Å². The highest BCUT2D eigenvalue weighted by atomic mass is 16.8. The summed E-state index contributed by atoms with van der Waals surface area (Å²) < 4.78 is 23.2. The molecular weight excluding hydrogens is 272 g/mol.